The summed E-state index contributed by atoms with van der Waals surface area (Å²) >= 11 is 0. The Labute approximate surface area is 137 Å². The molecule has 2 aliphatic rings. The van der Waals surface area contributed by atoms with E-state index in [1.807, 2.05) is 18.2 Å². The van der Waals surface area contributed by atoms with Crippen LogP contribution < -0.4 is 15.4 Å². The molecule has 2 aliphatic heterocycles. The average molecular weight is 327 g/mol. The zero-order valence-corrected chi connectivity index (χ0v) is 13.4. The van der Waals surface area contributed by atoms with Crippen molar-refractivity contribution >= 4 is 18.3 Å². The van der Waals surface area contributed by atoms with Crippen molar-refractivity contribution in [3.05, 3.63) is 29.8 Å². The van der Waals surface area contributed by atoms with Gasteiger partial charge in [-0.15, -0.1) is 12.4 Å². The molecule has 3 rings (SSSR count). The summed E-state index contributed by atoms with van der Waals surface area (Å²) in [7, 11) is 0. The Balaban J connectivity index is 0.00000176. The molecule has 2 unspecified atom stereocenters. The van der Waals surface area contributed by atoms with Crippen LogP contribution in [-0.4, -0.2) is 44.9 Å². The summed E-state index contributed by atoms with van der Waals surface area (Å²) in [5.41, 5.74) is 1.20. The Hall–Kier alpha value is -1.30. The quantitative estimate of drug-likeness (QED) is 0.879. The molecule has 2 N–H and O–H groups in total. The number of nitrogens with one attached hydrogen (secondary N) is 2. The van der Waals surface area contributed by atoms with Crippen molar-refractivity contribution in [2.24, 2.45) is 0 Å². The molecule has 0 bridgehead atoms. The summed E-state index contributed by atoms with van der Waals surface area (Å²) in [5.74, 6) is 1.38. The number of halogens is 1. The van der Waals surface area contributed by atoms with Gasteiger partial charge in [0.2, 0.25) is 5.91 Å². The first-order valence-electron chi connectivity index (χ1n) is 7.62. The van der Waals surface area contributed by atoms with Gasteiger partial charge in [0.1, 0.15) is 5.75 Å². The fourth-order valence-electron chi connectivity index (χ4n) is 2.91. The molecule has 1 amide bonds. The van der Waals surface area contributed by atoms with Gasteiger partial charge in [0, 0.05) is 31.5 Å². The smallest absolute Gasteiger partial charge is 0.221 e. The molecule has 1 saturated heterocycles. The number of hydrogen-bond donors (Lipinski definition) is 2. The second kappa shape index (κ2) is 8.36. The molecule has 0 spiro atoms. The summed E-state index contributed by atoms with van der Waals surface area (Å²) in [5, 5.41) is 6.35. The molecule has 2 atom stereocenters. The van der Waals surface area contributed by atoms with E-state index in [4.69, 9.17) is 9.47 Å². The third-order valence-electron chi connectivity index (χ3n) is 4.06. The first-order chi connectivity index (χ1) is 10.3. The highest BCUT2D eigenvalue weighted by Gasteiger charge is 2.22. The molecule has 1 fully saturated rings. The van der Waals surface area contributed by atoms with E-state index in [1.54, 1.807) is 0 Å². The monoisotopic (exact) mass is 326 g/mol. The Morgan fingerprint density at radius 2 is 2.18 bits per heavy atom. The van der Waals surface area contributed by atoms with Gasteiger partial charge in [-0.1, -0.05) is 18.2 Å². The van der Waals surface area contributed by atoms with Crippen molar-refractivity contribution in [3.8, 4) is 5.75 Å². The van der Waals surface area contributed by atoms with Crippen molar-refractivity contribution in [2.45, 2.75) is 24.8 Å². The number of morpholine rings is 1. The third-order valence-corrected chi connectivity index (χ3v) is 4.06. The van der Waals surface area contributed by atoms with E-state index in [2.05, 4.69) is 16.7 Å². The van der Waals surface area contributed by atoms with Crippen LogP contribution in [0.3, 0.4) is 0 Å². The number of ether oxygens (including phenoxy) is 2. The van der Waals surface area contributed by atoms with Crippen molar-refractivity contribution < 1.29 is 14.3 Å². The molecule has 22 heavy (non-hydrogen) atoms. The van der Waals surface area contributed by atoms with Crippen molar-refractivity contribution in [3.63, 3.8) is 0 Å². The average Bonchev–Trinajstić information content (AvgIpc) is 2.54. The van der Waals surface area contributed by atoms with Crippen molar-refractivity contribution in [1.82, 2.24) is 10.6 Å². The molecule has 122 valence electrons. The number of amides is 1. The minimum atomic E-state index is 0. The van der Waals surface area contributed by atoms with E-state index in [9.17, 15) is 4.79 Å². The highest BCUT2D eigenvalue weighted by Crippen LogP contribution is 2.32. The Kier molecular flexibility index (Phi) is 6.49. The second-order valence-corrected chi connectivity index (χ2v) is 5.61. The Morgan fingerprint density at radius 1 is 1.32 bits per heavy atom. The maximum atomic E-state index is 12.0. The van der Waals surface area contributed by atoms with Crippen LogP contribution in [0.1, 0.15) is 24.3 Å². The number of benzene rings is 1. The molecule has 5 nitrogen and oxygen atoms in total. The summed E-state index contributed by atoms with van der Waals surface area (Å²) in [4.78, 5) is 12.0. The fraction of sp³-hybridized carbons (Fsp3) is 0.562. The molecule has 6 heteroatoms. The fourth-order valence-corrected chi connectivity index (χ4v) is 2.91. The van der Waals surface area contributed by atoms with Gasteiger partial charge in [0.15, 0.2) is 0 Å². The lowest BCUT2D eigenvalue weighted by Crippen LogP contribution is -2.44. The number of para-hydroxylation sites is 1. The lowest BCUT2D eigenvalue weighted by molar-refractivity contribution is -0.122. The van der Waals surface area contributed by atoms with Crippen LogP contribution in [0.4, 0.5) is 0 Å². The van der Waals surface area contributed by atoms with Gasteiger partial charge in [-0.3, -0.25) is 4.79 Å². The van der Waals surface area contributed by atoms with Crippen molar-refractivity contribution in [1.29, 1.82) is 0 Å². The van der Waals surface area contributed by atoms with Crippen LogP contribution in [0.15, 0.2) is 24.3 Å². The molecular weight excluding hydrogens is 304 g/mol. The lowest BCUT2D eigenvalue weighted by atomic mass is 9.93. The van der Waals surface area contributed by atoms with Gasteiger partial charge in [0.05, 0.1) is 19.8 Å². The van der Waals surface area contributed by atoms with E-state index >= 15 is 0 Å². The Bertz CT molecular complexity index is 492. The second-order valence-electron chi connectivity index (χ2n) is 5.61. The van der Waals surface area contributed by atoms with Gasteiger partial charge in [-0.25, -0.2) is 0 Å². The zero-order valence-electron chi connectivity index (χ0n) is 12.5. The van der Waals surface area contributed by atoms with Crippen LogP contribution in [0, 0.1) is 0 Å². The zero-order chi connectivity index (χ0) is 14.5. The normalized spacial score (nSPS) is 23.6. The predicted molar refractivity (Wildman–Crippen MR) is 86.8 cm³/mol. The minimum Gasteiger partial charge on any atom is -0.493 e. The van der Waals surface area contributed by atoms with E-state index in [-0.39, 0.29) is 24.4 Å². The molecule has 0 aromatic heterocycles. The maximum Gasteiger partial charge on any atom is 0.221 e. The van der Waals surface area contributed by atoms with Crippen LogP contribution in [-0.2, 0) is 9.53 Å². The number of fused-ring (bicyclic) bond motifs is 1. The molecular formula is C16H23ClN2O3. The number of rotatable bonds is 4. The van der Waals surface area contributed by atoms with Gasteiger partial charge in [0.25, 0.3) is 0 Å². The first-order valence-corrected chi connectivity index (χ1v) is 7.62. The maximum absolute atomic E-state index is 12.0. The molecule has 0 aliphatic carbocycles. The number of hydrogen-bond acceptors (Lipinski definition) is 4. The number of carbonyl (C=O) groups is 1. The Morgan fingerprint density at radius 3 is 3.00 bits per heavy atom. The van der Waals surface area contributed by atoms with Crippen LogP contribution in [0.25, 0.3) is 0 Å². The van der Waals surface area contributed by atoms with E-state index in [0.717, 1.165) is 31.9 Å². The van der Waals surface area contributed by atoms with Crippen LogP contribution >= 0.6 is 12.4 Å². The SMILES string of the molecule is Cl.O=C(CC1COCCN1)NCC1CCOc2ccccc21. The topological polar surface area (TPSA) is 59.6 Å². The molecule has 0 radical (unpaired) electrons. The minimum absolute atomic E-state index is 0. The predicted octanol–water partition coefficient (Wildman–Crippen LogP) is 1.47. The van der Waals surface area contributed by atoms with Crippen LogP contribution in [0.2, 0.25) is 0 Å². The molecule has 2 heterocycles. The third kappa shape index (κ3) is 4.35. The molecule has 0 saturated carbocycles. The highest BCUT2D eigenvalue weighted by atomic mass is 35.5. The highest BCUT2D eigenvalue weighted by molar-refractivity contribution is 5.85. The van der Waals surface area contributed by atoms with E-state index in [1.165, 1.54) is 5.56 Å². The molecule has 1 aromatic carbocycles. The lowest BCUT2D eigenvalue weighted by Gasteiger charge is -2.27. The van der Waals surface area contributed by atoms with E-state index < -0.39 is 0 Å². The van der Waals surface area contributed by atoms with Gasteiger partial charge in [-0.05, 0) is 18.1 Å². The first kappa shape index (κ1) is 17.1. The van der Waals surface area contributed by atoms with Gasteiger partial charge < -0.3 is 20.1 Å². The largest absolute Gasteiger partial charge is 0.493 e. The summed E-state index contributed by atoms with van der Waals surface area (Å²) in [6.45, 7) is 3.57. The number of carbonyl (C=O) groups excluding carboxylic acids is 1. The summed E-state index contributed by atoms with van der Waals surface area (Å²) < 4.78 is 11.0. The summed E-state index contributed by atoms with van der Waals surface area (Å²) in [6.07, 6.45) is 1.42. The van der Waals surface area contributed by atoms with Gasteiger partial charge >= 0.3 is 0 Å². The van der Waals surface area contributed by atoms with Crippen molar-refractivity contribution in [2.75, 3.05) is 32.9 Å². The summed E-state index contributed by atoms with van der Waals surface area (Å²) in [6, 6.07) is 8.22. The standard InChI is InChI=1S/C16H22N2O3.ClH/c19-16(9-13-11-20-8-6-17-13)18-10-12-5-7-21-15-4-2-1-3-14(12)15;/h1-4,12-13,17H,5-11H2,(H,18,19);1H. The van der Waals surface area contributed by atoms with Gasteiger partial charge in [-0.2, -0.15) is 0 Å². The van der Waals surface area contributed by atoms with E-state index in [0.29, 0.717) is 25.5 Å². The molecule has 1 aromatic rings. The van der Waals surface area contributed by atoms with Crippen LogP contribution in [0.5, 0.6) is 5.75 Å².